The molecule has 0 saturated heterocycles. The summed E-state index contributed by atoms with van der Waals surface area (Å²) < 4.78 is 14.7. The van der Waals surface area contributed by atoms with Gasteiger partial charge in [-0.05, 0) is 30.3 Å². The zero-order chi connectivity index (χ0) is 18.8. The van der Waals surface area contributed by atoms with Gasteiger partial charge in [-0.15, -0.1) is 0 Å². The zero-order valence-electron chi connectivity index (χ0n) is 14.1. The van der Waals surface area contributed by atoms with E-state index in [2.05, 4.69) is 15.3 Å². The van der Waals surface area contributed by atoms with Gasteiger partial charge in [-0.25, -0.2) is 9.37 Å². The largest absolute Gasteiger partial charge is 0.505 e. The number of rotatable bonds is 4. The number of nitrogens with one attached hydrogen (secondary N) is 1. The van der Waals surface area contributed by atoms with Crippen molar-refractivity contribution in [1.29, 1.82) is 0 Å². The van der Waals surface area contributed by atoms with E-state index in [1.165, 1.54) is 6.07 Å². The van der Waals surface area contributed by atoms with Crippen LogP contribution in [0.2, 0.25) is 5.02 Å². The number of anilines is 1. The van der Waals surface area contributed by atoms with Gasteiger partial charge in [-0.2, -0.15) is 0 Å². The molecular formula is C21H15ClFN3O. The van der Waals surface area contributed by atoms with Gasteiger partial charge in [0.15, 0.2) is 0 Å². The second-order valence-electron chi connectivity index (χ2n) is 6.01. The number of phenolic OH excluding ortho intramolecular Hbond substituents is 1. The molecular weight excluding hydrogens is 365 g/mol. The van der Waals surface area contributed by atoms with E-state index in [0.29, 0.717) is 16.9 Å². The predicted molar refractivity (Wildman–Crippen MR) is 105 cm³/mol. The molecule has 2 aromatic carbocycles. The lowest BCUT2D eigenvalue weighted by Gasteiger charge is -2.23. The molecule has 4 nitrogen and oxygen atoms in total. The standard InChI is InChI=1S/C21H15ClFN3O/c22-15-6-3-7-16(23)18(15)20(26-17-8-1-2-11-24-17)14-10-9-13-5-4-12-25-19(13)21(14)27/h1-12,20,27H,(H,24,26). The summed E-state index contributed by atoms with van der Waals surface area (Å²) in [6.07, 6.45) is 3.23. The number of aromatic nitrogens is 2. The fourth-order valence-electron chi connectivity index (χ4n) is 3.07. The number of pyridine rings is 2. The summed E-state index contributed by atoms with van der Waals surface area (Å²) in [5, 5.41) is 15.1. The second kappa shape index (κ2) is 7.21. The summed E-state index contributed by atoms with van der Waals surface area (Å²) in [5.41, 5.74) is 1.13. The van der Waals surface area contributed by atoms with E-state index in [9.17, 15) is 9.50 Å². The van der Waals surface area contributed by atoms with E-state index in [-0.39, 0.29) is 16.3 Å². The van der Waals surface area contributed by atoms with Gasteiger partial charge >= 0.3 is 0 Å². The highest BCUT2D eigenvalue weighted by molar-refractivity contribution is 6.31. The van der Waals surface area contributed by atoms with Gasteiger partial charge in [0, 0.05) is 33.9 Å². The van der Waals surface area contributed by atoms with Crippen molar-refractivity contribution in [3.8, 4) is 5.75 Å². The molecule has 0 aliphatic rings. The Morgan fingerprint density at radius 3 is 2.56 bits per heavy atom. The average Bonchev–Trinajstić information content (AvgIpc) is 2.68. The molecule has 0 fully saturated rings. The fourth-order valence-corrected chi connectivity index (χ4v) is 3.34. The van der Waals surface area contributed by atoms with E-state index in [0.717, 1.165) is 5.39 Å². The molecule has 1 unspecified atom stereocenters. The van der Waals surface area contributed by atoms with E-state index in [4.69, 9.17) is 11.6 Å². The van der Waals surface area contributed by atoms with Crippen molar-refractivity contribution in [2.45, 2.75) is 6.04 Å². The van der Waals surface area contributed by atoms with Crippen molar-refractivity contribution in [1.82, 2.24) is 9.97 Å². The topological polar surface area (TPSA) is 58.0 Å². The SMILES string of the molecule is Oc1c(C(Nc2ccccn2)c2c(F)cccc2Cl)ccc2cccnc12. The van der Waals surface area contributed by atoms with Gasteiger partial charge in [-0.1, -0.05) is 41.9 Å². The van der Waals surface area contributed by atoms with Crippen molar-refractivity contribution in [3.63, 3.8) is 0 Å². The highest BCUT2D eigenvalue weighted by atomic mass is 35.5. The minimum Gasteiger partial charge on any atom is -0.505 e. The van der Waals surface area contributed by atoms with Crippen molar-refractivity contribution in [3.05, 3.63) is 95.0 Å². The first-order valence-corrected chi connectivity index (χ1v) is 8.71. The number of fused-ring (bicyclic) bond motifs is 1. The molecule has 0 amide bonds. The number of halogens is 2. The summed E-state index contributed by atoms with van der Waals surface area (Å²) in [6.45, 7) is 0. The van der Waals surface area contributed by atoms with Crippen molar-refractivity contribution >= 4 is 28.3 Å². The van der Waals surface area contributed by atoms with Crippen LogP contribution in [0.25, 0.3) is 10.9 Å². The minimum atomic E-state index is -0.750. The maximum absolute atomic E-state index is 14.7. The van der Waals surface area contributed by atoms with E-state index in [1.54, 1.807) is 48.8 Å². The molecule has 0 aliphatic carbocycles. The summed E-state index contributed by atoms with van der Waals surface area (Å²) in [7, 11) is 0. The number of hydrogen-bond acceptors (Lipinski definition) is 4. The van der Waals surface area contributed by atoms with Crippen LogP contribution in [0.1, 0.15) is 17.2 Å². The Kier molecular flexibility index (Phi) is 4.60. The molecule has 0 aliphatic heterocycles. The minimum absolute atomic E-state index is 0.0270. The lowest BCUT2D eigenvalue weighted by molar-refractivity contribution is 0.471. The Labute approximate surface area is 160 Å². The van der Waals surface area contributed by atoms with Crippen molar-refractivity contribution in [2.24, 2.45) is 0 Å². The van der Waals surface area contributed by atoms with Gasteiger partial charge in [0.05, 0.1) is 6.04 Å². The van der Waals surface area contributed by atoms with Gasteiger partial charge in [0.25, 0.3) is 0 Å². The number of nitrogens with zero attached hydrogens (tertiary/aromatic N) is 2. The summed E-state index contributed by atoms with van der Waals surface area (Å²) in [4.78, 5) is 8.50. The molecule has 27 heavy (non-hydrogen) atoms. The van der Waals surface area contributed by atoms with Crippen LogP contribution in [0.15, 0.2) is 73.1 Å². The maximum Gasteiger partial charge on any atom is 0.147 e. The number of benzene rings is 2. The summed E-state index contributed by atoms with van der Waals surface area (Å²) >= 11 is 6.31. The van der Waals surface area contributed by atoms with Crippen LogP contribution in [0.5, 0.6) is 5.75 Å². The molecule has 6 heteroatoms. The van der Waals surface area contributed by atoms with Crippen LogP contribution in [-0.4, -0.2) is 15.1 Å². The van der Waals surface area contributed by atoms with Gasteiger partial charge < -0.3 is 10.4 Å². The zero-order valence-corrected chi connectivity index (χ0v) is 14.9. The first kappa shape index (κ1) is 17.2. The molecule has 4 rings (SSSR count). The molecule has 0 saturated carbocycles. The summed E-state index contributed by atoms with van der Waals surface area (Å²) in [6, 6.07) is 16.3. The highest BCUT2D eigenvalue weighted by Crippen LogP contribution is 2.39. The molecule has 0 radical (unpaired) electrons. The third-order valence-electron chi connectivity index (χ3n) is 4.34. The quantitative estimate of drug-likeness (QED) is 0.503. The molecule has 1 atom stereocenters. The number of hydrogen-bond donors (Lipinski definition) is 2. The smallest absolute Gasteiger partial charge is 0.147 e. The maximum atomic E-state index is 14.7. The molecule has 2 N–H and O–H groups in total. The first-order chi connectivity index (χ1) is 13.1. The molecule has 0 spiro atoms. The van der Waals surface area contributed by atoms with Gasteiger partial charge in [0.2, 0.25) is 0 Å². The Bertz CT molecular complexity index is 1080. The van der Waals surface area contributed by atoms with Crippen molar-refractivity contribution < 1.29 is 9.50 Å². The van der Waals surface area contributed by atoms with E-state index >= 15 is 0 Å². The van der Waals surface area contributed by atoms with Crippen LogP contribution in [0.4, 0.5) is 10.2 Å². The van der Waals surface area contributed by atoms with Crippen LogP contribution in [0, 0.1) is 5.82 Å². The highest BCUT2D eigenvalue weighted by Gasteiger charge is 2.25. The Balaban J connectivity index is 1.92. The summed E-state index contributed by atoms with van der Waals surface area (Å²) in [5.74, 6) is 0.0274. The fraction of sp³-hybridized carbons (Fsp3) is 0.0476. The monoisotopic (exact) mass is 379 g/mol. The molecule has 0 bridgehead atoms. The third kappa shape index (κ3) is 3.29. The lowest BCUT2D eigenvalue weighted by atomic mass is 9.95. The van der Waals surface area contributed by atoms with Crippen LogP contribution >= 0.6 is 11.6 Å². The Morgan fingerprint density at radius 1 is 0.926 bits per heavy atom. The predicted octanol–water partition coefficient (Wildman–Crippen LogP) is 5.33. The van der Waals surface area contributed by atoms with Crippen LogP contribution in [0.3, 0.4) is 0 Å². The number of aromatic hydroxyl groups is 1. The number of phenols is 1. The molecule has 2 heterocycles. The molecule has 4 aromatic rings. The Morgan fingerprint density at radius 2 is 1.78 bits per heavy atom. The van der Waals surface area contributed by atoms with Crippen molar-refractivity contribution in [2.75, 3.05) is 5.32 Å². The van der Waals surface area contributed by atoms with E-state index < -0.39 is 11.9 Å². The molecule has 2 aromatic heterocycles. The molecule has 134 valence electrons. The average molecular weight is 380 g/mol. The third-order valence-corrected chi connectivity index (χ3v) is 4.67. The Hall–Kier alpha value is -3.18. The first-order valence-electron chi connectivity index (χ1n) is 8.33. The lowest BCUT2D eigenvalue weighted by Crippen LogP contribution is -2.15. The second-order valence-corrected chi connectivity index (χ2v) is 6.41. The van der Waals surface area contributed by atoms with E-state index in [1.807, 2.05) is 18.2 Å². The van der Waals surface area contributed by atoms with Gasteiger partial charge in [0.1, 0.15) is 22.9 Å². The normalized spacial score (nSPS) is 12.1. The van der Waals surface area contributed by atoms with Crippen LogP contribution < -0.4 is 5.32 Å². The van der Waals surface area contributed by atoms with Gasteiger partial charge in [-0.3, -0.25) is 4.98 Å². The van der Waals surface area contributed by atoms with Crippen LogP contribution in [-0.2, 0) is 0 Å².